The lowest BCUT2D eigenvalue weighted by atomic mass is 10.0. The third-order valence-corrected chi connectivity index (χ3v) is 10.3. The minimum absolute atomic E-state index is 0.0111. The number of H-pyrrole nitrogens is 1. The van der Waals surface area contributed by atoms with Gasteiger partial charge < -0.3 is 92.6 Å². The lowest BCUT2D eigenvalue weighted by Gasteiger charge is -2.31. The summed E-state index contributed by atoms with van der Waals surface area (Å²) in [5, 5.41) is 31.8. The maximum absolute atomic E-state index is 14.4. The number of aliphatic hydroxyl groups excluding tert-OH is 1. The summed E-state index contributed by atoms with van der Waals surface area (Å²) in [5.74, 6) is -6.44. The van der Waals surface area contributed by atoms with Gasteiger partial charge in [-0.25, -0.2) is 9.78 Å². The van der Waals surface area contributed by atoms with E-state index >= 15 is 0 Å². The Morgan fingerprint density at radius 2 is 1.20 bits per heavy atom. The number of aliphatic hydroxyl groups is 1. The molecule has 370 valence electrons. The summed E-state index contributed by atoms with van der Waals surface area (Å²) in [6.07, 6.45) is 5.12. The number of hydrogen-bond donors (Lipinski definition) is 16. The molecule has 0 unspecified atom stereocenters. The van der Waals surface area contributed by atoms with Crippen LogP contribution in [0.2, 0.25) is 0 Å². The number of aliphatic imine (C=N–C) groups is 3. The first kappa shape index (κ1) is 55.3. The normalized spacial score (nSPS) is 15.9. The van der Waals surface area contributed by atoms with Crippen molar-refractivity contribution in [1.29, 1.82) is 0 Å². The molecule has 0 bridgehead atoms. The Bertz CT molecular complexity index is 1820. The first-order valence-electron chi connectivity index (χ1n) is 21.6. The lowest BCUT2D eigenvalue weighted by molar-refractivity contribution is -0.144. The van der Waals surface area contributed by atoms with Crippen LogP contribution in [0.25, 0.3) is 0 Å². The number of rotatable bonds is 31. The molecule has 66 heavy (non-hydrogen) atoms. The van der Waals surface area contributed by atoms with E-state index in [1.807, 2.05) is 0 Å². The molecule has 0 aliphatic carbocycles. The first-order chi connectivity index (χ1) is 31.4. The first-order valence-corrected chi connectivity index (χ1v) is 21.6. The van der Waals surface area contributed by atoms with Crippen molar-refractivity contribution in [2.24, 2.45) is 60.8 Å². The predicted molar refractivity (Wildman–Crippen MR) is 242 cm³/mol. The third-order valence-electron chi connectivity index (χ3n) is 10.3. The summed E-state index contributed by atoms with van der Waals surface area (Å²) < 4.78 is 0. The van der Waals surface area contributed by atoms with E-state index in [-0.39, 0.29) is 102 Å². The second kappa shape index (κ2) is 29.6. The molecule has 6 amide bonds. The number of nitrogens with two attached hydrogens (primary N) is 8. The Morgan fingerprint density at radius 1 is 0.697 bits per heavy atom. The quantitative estimate of drug-likeness (QED) is 0.0187. The molecule has 1 aliphatic rings. The summed E-state index contributed by atoms with van der Waals surface area (Å²) in [6.45, 7) is -0.115. The number of imidazole rings is 1. The van der Waals surface area contributed by atoms with Gasteiger partial charge in [0, 0.05) is 44.5 Å². The van der Waals surface area contributed by atoms with E-state index in [1.165, 1.54) is 17.4 Å². The van der Waals surface area contributed by atoms with Gasteiger partial charge in [0.1, 0.15) is 36.3 Å². The van der Waals surface area contributed by atoms with E-state index in [4.69, 9.17) is 45.9 Å². The van der Waals surface area contributed by atoms with Crippen molar-refractivity contribution in [2.75, 3.05) is 39.3 Å². The summed E-state index contributed by atoms with van der Waals surface area (Å²) >= 11 is 0. The van der Waals surface area contributed by atoms with Gasteiger partial charge in [0.25, 0.3) is 0 Å². The summed E-state index contributed by atoms with van der Waals surface area (Å²) in [5.41, 5.74) is 44.9. The van der Waals surface area contributed by atoms with Crippen molar-refractivity contribution in [2.45, 2.75) is 119 Å². The number of aliphatic carboxylic acids is 1. The van der Waals surface area contributed by atoms with Crippen LogP contribution in [0.4, 0.5) is 0 Å². The molecule has 0 spiro atoms. The van der Waals surface area contributed by atoms with Crippen LogP contribution in [0.1, 0.15) is 76.3 Å². The molecular formula is C38H69N19O9. The van der Waals surface area contributed by atoms with Crippen LogP contribution in [-0.2, 0) is 40.0 Å². The van der Waals surface area contributed by atoms with E-state index in [0.29, 0.717) is 31.4 Å². The Labute approximate surface area is 381 Å². The zero-order valence-electron chi connectivity index (χ0n) is 37.0. The summed E-state index contributed by atoms with van der Waals surface area (Å²) in [6, 6.07) is -8.88. The number of nitrogens with zero attached hydrogens (tertiary/aromatic N) is 5. The molecule has 28 nitrogen and oxygen atoms in total. The van der Waals surface area contributed by atoms with Crippen molar-refractivity contribution < 1.29 is 43.8 Å². The van der Waals surface area contributed by atoms with Gasteiger partial charge in [-0.3, -0.25) is 43.7 Å². The number of carboxylic acids is 1. The van der Waals surface area contributed by atoms with Crippen LogP contribution in [-0.4, -0.2) is 166 Å². The van der Waals surface area contributed by atoms with Gasteiger partial charge in [-0.05, 0) is 77.2 Å². The Balaban J connectivity index is 2.39. The molecule has 0 radical (unpaired) electrons. The van der Waals surface area contributed by atoms with Crippen molar-refractivity contribution in [1.82, 2.24) is 41.5 Å². The molecule has 2 rings (SSSR count). The number of carbonyl (C=O) groups excluding carboxylic acids is 6. The molecule has 1 fully saturated rings. The highest BCUT2D eigenvalue weighted by Gasteiger charge is 2.40. The summed E-state index contributed by atoms with van der Waals surface area (Å²) in [7, 11) is 0. The standard InChI is InChI=1S/C38H69N19O9/c39-12-2-1-8-23(53-30(60)24(9-4-14-49-37(43)44)52-29(59)22(40)7-3-13-48-36(41)42)31(61)54-25(10-5-15-50-38(45)46)34(64)57-16-6-11-28(57)33(63)55-26(17-21-18-47-20-51-21)32(62)56-27(19-58)35(65)66/h18,20,22-28,58H,1-17,19,39-40H2,(H,47,51)(H,52,59)(H,53,60)(H,54,61)(H,55,63)(H,56,62)(H,65,66)(H4,41,42,48)(H4,43,44,49)(H4,45,46,50)/t22-,23-,24-,25-,26-,27-,28-/m0/s1. The maximum atomic E-state index is 14.4. The SMILES string of the molecule is NCCCC[C@H](NC(=O)[C@H](CCCN=C(N)N)NC(=O)[C@@H](N)CCCN=C(N)N)C(=O)N[C@@H](CCCN=C(N)N)C(=O)N1CCC[C@H]1C(=O)N[C@@H](Cc1cnc[nH]1)C(=O)N[C@@H](CO)C(=O)O. The average molecular weight is 936 g/mol. The number of aromatic nitrogens is 2. The highest BCUT2D eigenvalue weighted by molar-refractivity contribution is 5.97. The number of carbonyl (C=O) groups is 7. The van der Waals surface area contributed by atoms with Crippen molar-refractivity contribution >= 4 is 59.3 Å². The van der Waals surface area contributed by atoms with Gasteiger partial charge in [-0.2, -0.15) is 0 Å². The monoisotopic (exact) mass is 936 g/mol. The van der Waals surface area contributed by atoms with E-state index in [1.54, 1.807) is 0 Å². The number of unbranched alkanes of at least 4 members (excludes halogenated alkanes) is 1. The number of likely N-dealkylation sites (tertiary alicyclic amines) is 1. The minimum atomic E-state index is -1.66. The molecule has 0 saturated carbocycles. The second-order valence-corrected chi connectivity index (χ2v) is 15.5. The van der Waals surface area contributed by atoms with E-state index in [9.17, 15) is 43.8 Å². The number of carboxylic acid groups (broad SMARTS) is 1. The van der Waals surface area contributed by atoms with Gasteiger partial charge in [0.05, 0.1) is 19.0 Å². The van der Waals surface area contributed by atoms with Gasteiger partial charge in [0.2, 0.25) is 35.4 Å². The molecule has 0 aromatic carbocycles. The zero-order valence-corrected chi connectivity index (χ0v) is 37.0. The highest BCUT2D eigenvalue weighted by Crippen LogP contribution is 2.21. The topological polar surface area (TPSA) is 497 Å². The van der Waals surface area contributed by atoms with Crippen LogP contribution in [0.15, 0.2) is 27.5 Å². The number of amides is 6. The Hall–Kier alpha value is -6.81. The van der Waals surface area contributed by atoms with Crippen LogP contribution in [0.3, 0.4) is 0 Å². The largest absolute Gasteiger partial charge is 0.480 e. The van der Waals surface area contributed by atoms with Crippen molar-refractivity contribution in [3.8, 4) is 0 Å². The second-order valence-electron chi connectivity index (χ2n) is 15.5. The molecule has 1 aromatic heterocycles. The van der Waals surface area contributed by atoms with Crippen LogP contribution in [0.5, 0.6) is 0 Å². The molecule has 28 heteroatoms. The van der Waals surface area contributed by atoms with Crippen LogP contribution in [0, 0.1) is 0 Å². The smallest absolute Gasteiger partial charge is 0.328 e. The Kier molecular flexibility index (Phi) is 24.8. The Morgan fingerprint density at radius 3 is 1.71 bits per heavy atom. The van der Waals surface area contributed by atoms with E-state index in [0.717, 1.165) is 0 Å². The van der Waals surface area contributed by atoms with Gasteiger partial charge in [-0.15, -0.1) is 0 Å². The van der Waals surface area contributed by atoms with E-state index in [2.05, 4.69) is 51.5 Å². The van der Waals surface area contributed by atoms with Gasteiger partial charge in [-0.1, -0.05) is 0 Å². The molecule has 7 atom stereocenters. The molecular weight excluding hydrogens is 867 g/mol. The van der Waals surface area contributed by atoms with Gasteiger partial charge in [0.15, 0.2) is 17.9 Å². The number of guanidine groups is 3. The zero-order chi connectivity index (χ0) is 49.2. The van der Waals surface area contributed by atoms with Crippen LogP contribution >= 0.6 is 0 Å². The highest BCUT2D eigenvalue weighted by atomic mass is 16.4. The van der Waals surface area contributed by atoms with Gasteiger partial charge >= 0.3 is 5.97 Å². The molecule has 24 N–H and O–H groups in total. The average Bonchev–Trinajstić information content (AvgIpc) is 3.98. The fourth-order valence-corrected chi connectivity index (χ4v) is 6.82. The predicted octanol–water partition coefficient (Wildman–Crippen LogP) is -6.94. The number of aromatic amines is 1. The fourth-order valence-electron chi connectivity index (χ4n) is 6.82. The minimum Gasteiger partial charge on any atom is -0.480 e. The van der Waals surface area contributed by atoms with Crippen molar-refractivity contribution in [3.05, 3.63) is 18.2 Å². The van der Waals surface area contributed by atoms with Crippen molar-refractivity contribution in [3.63, 3.8) is 0 Å². The maximum Gasteiger partial charge on any atom is 0.328 e. The molecule has 2 heterocycles. The molecule has 1 aliphatic heterocycles. The molecule has 1 saturated heterocycles. The number of nitrogens with one attached hydrogen (secondary N) is 6. The van der Waals surface area contributed by atoms with Crippen LogP contribution < -0.4 is 72.5 Å². The third kappa shape index (κ3) is 20.4. The van der Waals surface area contributed by atoms with E-state index < -0.39 is 90.3 Å². The summed E-state index contributed by atoms with van der Waals surface area (Å²) in [4.78, 5) is 114. The lowest BCUT2D eigenvalue weighted by Crippen LogP contribution is -2.60. The number of hydrogen-bond acceptors (Lipinski definition) is 14. The fraction of sp³-hybridized carbons (Fsp3) is 0.658. The molecule has 1 aromatic rings.